The average molecular weight is 619 g/mol. The van der Waals surface area contributed by atoms with Crippen molar-refractivity contribution in [1.29, 1.82) is 0 Å². The van der Waals surface area contributed by atoms with Gasteiger partial charge in [0.2, 0.25) is 17.6 Å². The van der Waals surface area contributed by atoms with Gasteiger partial charge in [-0.2, -0.15) is 0 Å². The lowest BCUT2D eigenvalue weighted by Gasteiger charge is -2.55. The summed E-state index contributed by atoms with van der Waals surface area (Å²) in [5.74, 6) is -2.77. The average Bonchev–Trinajstić information content (AvgIpc) is 3.55. The highest BCUT2D eigenvalue weighted by molar-refractivity contribution is 9.10. The third kappa shape index (κ3) is 2.77. The van der Waals surface area contributed by atoms with Gasteiger partial charge in [0.15, 0.2) is 5.75 Å². The Morgan fingerprint density at radius 2 is 1.22 bits per heavy atom. The molecule has 1 fully saturated rings. The Kier molecular flexibility index (Phi) is 4.76. The Hall–Kier alpha value is -3.49. The normalized spacial score (nSPS) is 27.0. The first-order valence-electron chi connectivity index (χ1n) is 11.7. The fourth-order valence-electron chi connectivity index (χ4n) is 6.18. The number of furan rings is 1. The minimum atomic E-state index is -0.901. The molecule has 1 saturated heterocycles. The van der Waals surface area contributed by atoms with Crippen molar-refractivity contribution in [2.75, 3.05) is 4.90 Å². The van der Waals surface area contributed by atoms with E-state index in [0.717, 1.165) is 22.3 Å². The second-order valence-electron chi connectivity index (χ2n) is 9.32. The van der Waals surface area contributed by atoms with Crippen LogP contribution in [0.2, 0.25) is 0 Å². The SMILES string of the molecule is O=C(Oc1ccccc1N1C(=O)[C@@H]2[C@@H](C1=O)C1(Br)c3ccccc3C2(Br)c2ccccc21)c1ccco1. The van der Waals surface area contributed by atoms with Crippen LogP contribution in [0.1, 0.15) is 32.8 Å². The van der Waals surface area contributed by atoms with Crippen LogP contribution in [0, 0.1) is 11.8 Å². The monoisotopic (exact) mass is 617 g/mol. The lowest BCUT2D eigenvalue weighted by atomic mass is 9.54. The van der Waals surface area contributed by atoms with Gasteiger partial charge in [-0.05, 0) is 46.5 Å². The summed E-state index contributed by atoms with van der Waals surface area (Å²) >= 11 is 7.99. The number of benzene rings is 3. The quantitative estimate of drug-likeness (QED) is 0.124. The van der Waals surface area contributed by atoms with Crippen molar-refractivity contribution in [3.05, 3.63) is 119 Å². The molecule has 3 aliphatic carbocycles. The molecule has 1 aromatic heterocycles. The fraction of sp³-hybridized carbons (Fsp3) is 0.138. The summed E-state index contributed by atoms with van der Waals surface area (Å²) in [5.41, 5.74) is 4.02. The molecule has 2 bridgehead atoms. The number of amides is 2. The fourth-order valence-corrected chi connectivity index (χ4v) is 8.48. The predicted molar refractivity (Wildman–Crippen MR) is 142 cm³/mol. The molecule has 0 radical (unpaired) electrons. The molecule has 0 unspecified atom stereocenters. The van der Waals surface area contributed by atoms with Crippen molar-refractivity contribution < 1.29 is 23.5 Å². The van der Waals surface area contributed by atoms with Gasteiger partial charge in [0, 0.05) is 0 Å². The molecular formula is C29H17Br2NO5. The van der Waals surface area contributed by atoms with E-state index < -0.39 is 26.5 Å². The molecule has 1 aliphatic heterocycles. The van der Waals surface area contributed by atoms with Gasteiger partial charge in [0.05, 0.1) is 32.4 Å². The van der Waals surface area contributed by atoms with Crippen LogP contribution in [0.15, 0.2) is 95.6 Å². The molecular weight excluding hydrogens is 602 g/mol. The third-order valence-electron chi connectivity index (χ3n) is 7.62. The number of esters is 1. The zero-order valence-corrected chi connectivity index (χ0v) is 22.2. The molecule has 182 valence electrons. The number of hydrogen-bond acceptors (Lipinski definition) is 5. The lowest BCUT2D eigenvalue weighted by molar-refractivity contribution is -0.122. The summed E-state index contributed by atoms with van der Waals surface area (Å²) < 4.78 is 8.94. The number of anilines is 1. The molecule has 3 aromatic carbocycles. The van der Waals surface area contributed by atoms with Gasteiger partial charge in [0.1, 0.15) is 0 Å². The van der Waals surface area contributed by atoms with Gasteiger partial charge >= 0.3 is 5.97 Å². The molecule has 2 amide bonds. The van der Waals surface area contributed by atoms with Crippen LogP contribution in [-0.4, -0.2) is 17.8 Å². The zero-order chi connectivity index (χ0) is 25.5. The Bertz CT molecular complexity index is 1510. The number of halogens is 2. The molecule has 0 saturated carbocycles. The molecule has 8 heteroatoms. The summed E-state index contributed by atoms with van der Waals surface area (Å²) in [7, 11) is 0. The van der Waals surface area contributed by atoms with Gasteiger partial charge in [-0.15, -0.1) is 0 Å². The van der Waals surface area contributed by atoms with E-state index in [4.69, 9.17) is 9.15 Å². The van der Waals surface area contributed by atoms with E-state index in [0.29, 0.717) is 0 Å². The summed E-state index contributed by atoms with van der Waals surface area (Å²) in [6.45, 7) is 0. The summed E-state index contributed by atoms with van der Waals surface area (Å²) in [6.07, 6.45) is 1.37. The molecule has 0 N–H and O–H groups in total. The van der Waals surface area contributed by atoms with Crippen molar-refractivity contribution >= 4 is 55.3 Å². The Morgan fingerprint density at radius 1 is 0.730 bits per heavy atom. The van der Waals surface area contributed by atoms with Crippen LogP contribution >= 0.6 is 31.9 Å². The second-order valence-corrected chi connectivity index (χ2v) is 11.8. The van der Waals surface area contributed by atoms with E-state index in [1.165, 1.54) is 17.2 Å². The standard InChI is InChI=1S/C29H17Br2NO5/c30-28-16-8-1-2-9-17(16)29(31,19-11-4-3-10-18(19)28)24-23(28)25(33)32(26(24)34)20-12-5-6-13-21(20)37-27(35)22-14-7-15-36-22/h1-15,23-24H/t23-,24-,28?,29?/m0/s1. The van der Waals surface area contributed by atoms with Gasteiger partial charge in [-0.3, -0.25) is 9.59 Å². The minimum Gasteiger partial charge on any atom is -0.457 e. The molecule has 2 atom stereocenters. The van der Waals surface area contributed by atoms with Crippen LogP contribution < -0.4 is 9.64 Å². The van der Waals surface area contributed by atoms with Crippen molar-refractivity contribution in [2.45, 2.75) is 8.65 Å². The summed E-state index contributed by atoms with van der Waals surface area (Å²) in [5, 5.41) is 0. The molecule has 37 heavy (non-hydrogen) atoms. The largest absolute Gasteiger partial charge is 0.457 e. The van der Waals surface area contributed by atoms with E-state index in [1.54, 1.807) is 30.3 Å². The maximum atomic E-state index is 14.3. The number of para-hydroxylation sites is 2. The van der Waals surface area contributed by atoms with Crippen LogP contribution in [0.5, 0.6) is 5.75 Å². The van der Waals surface area contributed by atoms with Gasteiger partial charge in [0.25, 0.3) is 0 Å². The number of hydrogen-bond donors (Lipinski definition) is 0. The van der Waals surface area contributed by atoms with Gasteiger partial charge in [-0.1, -0.05) is 92.5 Å². The zero-order valence-electron chi connectivity index (χ0n) is 19.1. The van der Waals surface area contributed by atoms with Crippen LogP contribution in [0.4, 0.5) is 5.69 Å². The molecule has 4 aliphatic rings. The van der Waals surface area contributed by atoms with Crippen LogP contribution in [0.3, 0.4) is 0 Å². The molecule has 2 heterocycles. The highest BCUT2D eigenvalue weighted by Gasteiger charge is 2.72. The first-order chi connectivity index (χ1) is 17.9. The summed E-state index contributed by atoms with van der Waals surface area (Å²) in [6, 6.07) is 25.4. The van der Waals surface area contributed by atoms with Crippen molar-refractivity contribution in [3.63, 3.8) is 0 Å². The first-order valence-corrected chi connectivity index (χ1v) is 13.3. The van der Waals surface area contributed by atoms with E-state index in [2.05, 4.69) is 31.9 Å². The highest BCUT2D eigenvalue weighted by Crippen LogP contribution is 2.71. The third-order valence-corrected chi connectivity index (χ3v) is 10.3. The molecule has 8 rings (SSSR count). The number of nitrogens with zero attached hydrogens (tertiary/aromatic N) is 1. The van der Waals surface area contributed by atoms with E-state index in [-0.39, 0.29) is 29.0 Å². The molecule has 4 aromatic rings. The molecule has 6 nitrogen and oxygen atoms in total. The smallest absolute Gasteiger partial charge is 0.379 e. The minimum absolute atomic E-state index is 0.0188. The Morgan fingerprint density at radius 3 is 1.70 bits per heavy atom. The highest BCUT2D eigenvalue weighted by atomic mass is 79.9. The van der Waals surface area contributed by atoms with Crippen molar-refractivity contribution in [3.8, 4) is 5.75 Å². The molecule has 0 spiro atoms. The van der Waals surface area contributed by atoms with Crippen LogP contribution in [0.25, 0.3) is 0 Å². The van der Waals surface area contributed by atoms with Crippen molar-refractivity contribution in [2.24, 2.45) is 11.8 Å². The topological polar surface area (TPSA) is 76.8 Å². The van der Waals surface area contributed by atoms with Gasteiger partial charge in [-0.25, -0.2) is 9.69 Å². The predicted octanol–water partition coefficient (Wildman–Crippen LogP) is 5.91. The first kappa shape index (κ1) is 22.7. The lowest BCUT2D eigenvalue weighted by Crippen LogP contribution is -2.56. The van der Waals surface area contributed by atoms with Gasteiger partial charge < -0.3 is 9.15 Å². The van der Waals surface area contributed by atoms with Crippen LogP contribution in [-0.2, 0) is 18.2 Å². The van der Waals surface area contributed by atoms with E-state index >= 15 is 0 Å². The van der Waals surface area contributed by atoms with E-state index in [9.17, 15) is 14.4 Å². The summed E-state index contributed by atoms with van der Waals surface area (Å²) in [4.78, 5) is 42.4. The number of imide groups is 1. The van der Waals surface area contributed by atoms with Crippen molar-refractivity contribution in [1.82, 2.24) is 0 Å². The van der Waals surface area contributed by atoms with E-state index in [1.807, 2.05) is 48.5 Å². The number of carbonyl (C=O) groups excluding carboxylic acids is 3. The number of rotatable bonds is 3. The second kappa shape index (κ2) is 7.76. The number of alkyl halides is 2. The maximum absolute atomic E-state index is 14.3. The Balaban J connectivity index is 1.40. The number of ether oxygens (including phenoxy) is 1. The number of carbonyl (C=O) groups is 3. The maximum Gasteiger partial charge on any atom is 0.379 e. The Labute approximate surface area is 228 Å².